The molecule has 0 saturated heterocycles. The SMILES string of the molecule is CN(CCO)CCc1cc(Cl)ccc1F. The Kier molecular flexibility index (Phi) is 5.02. The summed E-state index contributed by atoms with van der Waals surface area (Å²) in [5.74, 6) is -0.225. The first-order valence-electron chi connectivity index (χ1n) is 4.87. The van der Waals surface area contributed by atoms with Gasteiger partial charge in [-0.2, -0.15) is 0 Å². The van der Waals surface area contributed by atoms with Crippen LogP contribution in [0, 0.1) is 5.82 Å². The van der Waals surface area contributed by atoms with E-state index >= 15 is 0 Å². The molecule has 0 aromatic heterocycles. The van der Waals surface area contributed by atoms with E-state index in [2.05, 4.69) is 0 Å². The maximum absolute atomic E-state index is 13.3. The van der Waals surface area contributed by atoms with Crippen LogP contribution in [0.4, 0.5) is 4.39 Å². The molecular weight excluding hydrogens is 217 g/mol. The van der Waals surface area contributed by atoms with E-state index in [0.717, 1.165) is 0 Å². The molecule has 1 aromatic rings. The second-order valence-corrected chi connectivity index (χ2v) is 3.95. The van der Waals surface area contributed by atoms with Crippen molar-refractivity contribution in [1.82, 2.24) is 4.90 Å². The van der Waals surface area contributed by atoms with Crippen LogP contribution in [0.1, 0.15) is 5.56 Å². The van der Waals surface area contributed by atoms with Crippen LogP contribution in [0.5, 0.6) is 0 Å². The molecule has 4 heteroatoms. The van der Waals surface area contributed by atoms with E-state index in [4.69, 9.17) is 16.7 Å². The van der Waals surface area contributed by atoms with Crippen molar-refractivity contribution in [2.75, 3.05) is 26.7 Å². The molecule has 0 aliphatic heterocycles. The molecule has 0 heterocycles. The van der Waals surface area contributed by atoms with Gasteiger partial charge in [0.15, 0.2) is 0 Å². The first kappa shape index (κ1) is 12.4. The predicted molar refractivity (Wildman–Crippen MR) is 59.7 cm³/mol. The molecule has 0 atom stereocenters. The fourth-order valence-electron chi connectivity index (χ4n) is 1.33. The number of hydrogen-bond acceptors (Lipinski definition) is 2. The quantitative estimate of drug-likeness (QED) is 0.837. The highest BCUT2D eigenvalue weighted by Gasteiger charge is 2.04. The summed E-state index contributed by atoms with van der Waals surface area (Å²) in [6.07, 6.45) is 0.600. The second kappa shape index (κ2) is 6.05. The van der Waals surface area contributed by atoms with Gasteiger partial charge in [0, 0.05) is 18.1 Å². The topological polar surface area (TPSA) is 23.5 Å². The molecule has 0 unspecified atom stereocenters. The molecule has 0 radical (unpaired) electrons. The Balaban J connectivity index is 2.53. The number of hydrogen-bond donors (Lipinski definition) is 1. The molecule has 0 fully saturated rings. The van der Waals surface area contributed by atoms with Crippen molar-refractivity contribution >= 4 is 11.6 Å². The number of rotatable bonds is 5. The van der Waals surface area contributed by atoms with Crippen molar-refractivity contribution < 1.29 is 9.50 Å². The van der Waals surface area contributed by atoms with Crippen molar-refractivity contribution in [3.8, 4) is 0 Å². The fourth-order valence-corrected chi connectivity index (χ4v) is 1.52. The van der Waals surface area contributed by atoms with Crippen LogP contribution in [0.2, 0.25) is 5.02 Å². The van der Waals surface area contributed by atoms with Gasteiger partial charge >= 0.3 is 0 Å². The average Bonchev–Trinajstić information content (AvgIpc) is 2.20. The third-order valence-corrected chi connectivity index (χ3v) is 2.49. The molecule has 0 aliphatic rings. The first-order chi connectivity index (χ1) is 7.13. The maximum atomic E-state index is 13.3. The number of likely N-dealkylation sites (N-methyl/N-ethyl adjacent to an activating group) is 1. The molecule has 0 spiro atoms. The minimum absolute atomic E-state index is 0.120. The lowest BCUT2D eigenvalue weighted by Crippen LogP contribution is -2.24. The molecule has 1 rings (SSSR count). The monoisotopic (exact) mass is 231 g/mol. The smallest absolute Gasteiger partial charge is 0.126 e. The van der Waals surface area contributed by atoms with Crippen molar-refractivity contribution in [1.29, 1.82) is 0 Å². The zero-order valence-electron chi connectivity index (χ0n) is 8.71. The van der Waals surface area contributed by atoms with Gasteiger partial charge in [-0.25, -0.2) is 4.39 Å². The van der Waals surface area contributed by atoms with Crippen LogP contribution < -0.4 is 0 Å². The molecule has 0 aliphatic carbocycles. The van der Waals surface area contributed by atoms with Crippen molar-refractivity contribution in [2.24, 2.45) is 0 Å². The number of nitrogens with zero attached hydrogens (tertiary/aromatic N) is 1. The lowest BCUT2D eigenvalue weighted by atomic mass is 10.1. The van der Waals surface area contributed by atoms with Crippen molar-refractivity contribution in [3.63, 3.8) is 0 Å². The van der Waals surface area contributed by atoms with Gasteiger partial charge in [-0.15, -0.1) is 0 Å². The van der Waals surface area contributed by atoms with Crippen LogP contribution in [0.25, 0.3) is 0 Å². The Hall–Kier alpha value is -0.640. The minimum atomic E-state index is -0.225. The molecule has 0 saturated carbocycles. The Morgan fingerprint density at radius 2 is 2.13 bits per heavy atom. The van der Waals surface area contributed by atoms with Crippen LogP contribution in [0.3, 0.4) is 0 Å². The zero-order chi connectivity index (χ0) is 11.3. The Bertz CT molecular complexity index is 319. The van der Waals surface area contributed by atoms with Gasteiger partial charge in [0.05, 0.1) is 6.61 Å². The summed E-state index contributed by atoms with van der Waals surface area (Å²) in [5.41, 5.74) is 0.618. The third-order valence-electron chi connectivity index (χ3n) is 2.25. The Morgan fingerprint density at radius 1 is 1.40 bits per heavy atom. The van der Waals surface area contributed by atoms with E-state index in [1.54, 1.807) is 6.07 Å². The van der Waals surface area contributed by atoms with Gasteiger partial charge in [0.2, 0.25) is 0 Å². The minimum Gasteiger partial charge on any atom is -0.395 e. The molecule has 84 valence electrons. The van der Waals surface area contributed by atoms with E-state index < -0.39 is 0 Å². The highest BCUT2D eigenvalue weighted by Crippen LogP contribution is 2.15. The average molecular weight is 232 g/mol. The van der Waals surface area contributed by atoms with E-state index in [-0.39, 0.29) is 12.4 Å². The standard InChI is InChI=1S/C11H15ClFNO/c1-14(6-7-15)5-4-9-8-10(12)2-3-11(9)13/h2-3,8,15H,4-7H2,1H3. The lowest BCUT2D eigenvalue weighted by Gasteiger charge is -2.14. The van der Waals surface area contributed by atoms with E-state index in [0.29, 0.717) is 30.1 Å². The first-order valence-corrected chi connectivity index (χ1v) is 5.24. The van der Waals surface area contributed by atoms with Crippen LogP contribution in [-0.4, -0.2) is 36.8 Å². The van der Waals surface area contributed by atoms with E-state index in [1.165, 1.54) is 12.1 Å². The molecular formula is C11H15ClFNO. The van der Waals surface area contributed by atoms with Crippen molar-refractivity contribution in [3.05, 3.63) is 34.6 Å². The molecule has 15 heavy (non-hydrogen) atoms. The predicted octanol–water partition coefficient (Wildman–Crippen LogP) is 1.95. The highest BCUT2D eigenvalue weighted by atomic mass is 35.5. The summed E-state index contributed by atoms with van der Waals surface area (Å²) in [4.78, 5) is 1.94. The Labute approximate surface area is 94.3 Å². The molecule has 1 N–H and O–H groups in total. The van der Waals surface area contributed by atoms with E-state index in [1.807, 2.05) is 11.9 Å². The summed E-state index contributed by atoms with van der Waals surface area (Å²) >= 11 is 5.77. The van der Waals surface area contributed by atoms with Crippen LogP contribution in [-0.2, 0) is 6.42 Å². The zero-order valence-corrected chi connectivity index (χ0v) is 9.47. The number of benzene rings is 1. The van der Waals surface area contributed by atoms with Crippen LogP contribution >= 0.6 is 11.6 Å². The van der Waals surface area contributed by atoms with Crippen LogP contribution in [0.15, 0.2) is 18.2 Å². The van der Waals surface area contributed by atoms with Gasteiger partial charge in [0.25, 0.3) is 0 Å². The fraction of sp³-hybridized carbons (Fsp3) is 0.455. The number of aliphatic hydroxyl groups excluding tert-OH is 1. The Morgan fingerprint density at radius 3 is 2.80 bits per heavy atom. The van der Waals surface area contributed by atoms with Gasteiger partial charge in [0.1, 0.15) is 5.82 Å². The summed E-state index contributed by atoms with van der Waals surface area (Å²) in [6.45, 7) is 1.43. The van der Waals surface area contributed by atoms with Crippen molar-refractivity contribution in [2.45, 2.75) is 6.42 Å². The largest absolute Gasteiger partial charge is 0.395 e. The van der Waals surface area contributed by atoms with E-state index in [9.17, 15) is 4.39 Å². The molecule has 0 amide bonds. The summed E-state index contributed by atoms with van der Waals surface area (Å²) in [6, 6.07) is 4.56. The number of aliphatic hydroxyl groups is 1. The van der Waals surface area contributed by atoms with Gasteiger partial charge in [-0.3, -0.25) is 0 Å². The molecule has 1 aromatic carbocycles. The summed E-state index contributed by atoms with van der Waals surface area (Å²) in [5, 5.41) is 9.25. The second-order valence-electron chi connectivity index (χ2n) is 3.51. The third kappa shape index (κ3) is 4.16. The van der Waals surface area contributed by atoms with Gasteiger partial charge in [-0.1, -0.05) is 11.6 Å². The lowest BCUT2D eigenvalue weighted by molar-refractivity contribution is 0.222. The highest BCUT2D eigenvalue weighted by molar-refractivity contribution is 6.30. The maximum Gasteiger partial charge on any atom is 0.126 e. The summed E-state index contributed by atoms with van der Waals surface area (Å²) < 4.78 is 13.3. The summed E-state index contributed by atoms with van der Waals surface area (Å²) in [7, 11) is 1.89. The molecule has 0 bridgehead atoms. The molecule has 2 nitrogen and oxygen atoms in total. The number of halogens is 2. The van der Waals surface area contributed by atoms with Gasteiger partial charge < -0.3 is 10.0 Å². The normalized spacial score (nSPS) is 11.0. The van der Waals surface area contributed by atoms with Gasteiger partial charge in [-0.05, 0) is 37.2 Å².